The van der Waals surface area contributed by atoms with Crippen LogP contribution in [0.15, 0.2) is 5.38 Å². The summed E-state index contributed by atoms with van der Waals surface area (Å²) in [6.45, 7) is 5.72. The van der Waals surface area contributed by atoms with Crippen molar-refractivity contribution in [1.29, 1.82) is 0 Å². The molecule has 0 spiro atoms. The summed E-state index contributed by atoms with van der Waals surface area (Å²) in [5, 5.41) is 3.22. The number of hydrogen-bond acceptors (Lipinski definition) is 5. The molecule has 0 aromatic carbocycles. The molecule has 0 saturated carbocycles. The number of carbonyl (C=O) groups excluding carboxylic acids is 1. The number of thiazole rings is 1. The second kappa shape index (κ2) is 6.04. The van der Waals surface area contributed by atoms with Crippen molar-refractivity contribution in [3.63, 3.8) is 0 Å². The molecule has 1 aliphatic heterocycles. The molecule has 6 heteroatoms. The molecular formula is C12H19N3OS2. The van der Waals surface area contributed by atoms with Crippen LogP contribution in [0, 0.1) is 0 Å². The molecule has 1 amide bonds. The Bertz CT molecular complexity index is 419. The molecular weight excluding hydrogens is 266 g/mol. The number of aromatic nitrogens is 1. The highest BCUT2D eigenvalue weighted by Crippen LogP contribution is 2.23. The molecule has 2 unspecified atom stereocenters. The van der Waals surface area contributed by atoms with Gasteiger partial charge in [0, 0.05) is 29.5 Å². The van der Waals surface area contributed by atoms with E-state index in [1.165, 1.54) is 11.3 Å². The lowest BCUT2D eigenvalue weighted by atomic mass is 10.2. The number of nitrogens with two attached hydrogens (primary N) is 1. The summed E-state index contributed by atoms with van der Waals surface area (Å²) in [5.74, 6) is 1.08. The van der Waals surface area contributed by atoms with Crippen molar-refractivity contribution in [2.24, 2.45) is 5.73 Å². The van der Waals surface area contributed by atoms with Gasteiger partial charge < -0.3 is 10.6 Å². The second-order valence-corrected chi connectivity index (χ2v) is 6.81. The first-order valence-electron chi connectivity index (χ1n) is 6.23. The number of amides is 1. The Labute approximate surface area is 116 Å². The Kier molecular flexibility index (Phi) is 4.64. The molecule has 1 saturated heterocycles. The van der Waals surface area contributed by atoms with Gasteiger partial charge in [-0.05, 0) is 13.3 Å². The first-order valence-corrected chi connectivity index (χ1v) is 8.16. The number of nitrogens with zero attached hydrogens (tertiary/aromatic N) is 2. The summed E-state index contributed by atoms with van der Waals surface area (Å²) in [5.41, 5.74) is 6.32. The highest BCUT2D eigenvalue weighted by Gasteiger charge is 2.25. The van der Waals surface area contributed by atoms with Gasteiger partial charge in [0.1, 0.15) is 10.7 Å². The van der Waals surface area contributed by atoms with Crippen LogP contribution in [0.3, 0.4) is 0 Å². The Morgan fingerprint density at radius 2 is 2.50 bits per heavy atom. The van der Waals surface area contributed by atoms with Crippen LogP contribution in [0.4, 0.5) is 0 Å². The molecule has 1 aromatic heterocycles. The van der Waals surface area contributed by atoms with Gasteiger partial charge in [-0.25, -0.2) is 4.98 Å². The maximum atomic E-state index is 12.3. The van der Waals surface area contributed by atoms with E-state index in [4.69, 9.17) is 5.73 Å². The number of hydrogen-bond donors (Lipinski definition) is 1. The molecule has 1 fully saturated rings. The molecule has 1 aliphatic rings. The lowest BCUT2D eigenvalue weighted by Gasteiger charge is -2.31. The standard InChI is InChI=1S/C12H19N3OS2/c1-3-9-6-15(4-5-17-9)12(16)10-7-18-11(14-10)8(2)13/h7-9H,3-6,13H2,1-2H3. The van der Waals surface area contributed by atoms with E-state index in [0.29, 0.717) is 10.9 Å². The van der Waals surface area contributed by atoms with Crippen LogP contribution in [0.1, 0.15) is 41.8 Å². The summed E-state index contributed by atoms with van der Waals surface area (Å²) >= 11 is 3.43. The lowest BCUT2D eigenvalue weighted by Crippen LogP contribution is -2.41. The topological polar surface area (TPSA) is 59.2 Å². The van der Waals surface area contributed by atoms with Crippen LogP contribution < -0.4 is 5.73 Å². The third kappa shape index (κ3) is 3.05. The third-order valence-electron chi connectivity index (χ3n) is 3.01. The quantitative estimate of drug-likeness (QED) is 0.924. The van der Waals surface area contributed by atoms with Gasteiger partial charge in [0.25, 0.3) is 5.91 Å². The van der Waals surface area contributed by atoms with Crippen LogP contribution in [0.2, 0.25) is 0 Å². The average Bonchev–Trinajstić information content (AvgIpc) is 2.87. The number of rotatable bonds is 3. The highest BCUT2D eigenvalue weighted by atomic mass is 32.2. The Morgan fingerprint density at radius 1 is 1.72 bits per heavy atom. The van der Waals surface area contributed by atoms with Gasteiger partial charge >= 0.3 is 0 Å². The van der Waals surface area contributed by atoms with Crippen molar-refractivity contribution < 1.29 is 4.79 Å². The van der Waals surface area contributed by atoms with Crippen molar-refractivity contribution in [2.75, 3.05) is 18.8 Å². The molecule has 18 heavy (non-hydrogen) atoms. The molecule has 0 radical (unpaired) electrons. The summed E-state index contributed by atoms with van der Waals surface area (Å²) in [6.07, 6.45) is 1.11. The van der Waals surface area contributed by atoms with E-state index in [2.05, 4.69) is 11.9 Å². The average molecular weight is 285 g/mol. The number of carbonyl (C=O) groups is 1. The maximum absolute atomic E-state index is 12.3. The van der Waals surface area contributed by atoms with E-state index < -0.39 is 0 Å². The summed E-state index contributed by atoms with van der Waals surface area (Å²) < 4.78 is 0. The molecule has 2 rings (SSSR count). The predicted molar refractivity (Wildman–Crippen MR) is 77.2 cm³/mol. The van der Waals surface area contributed by atoms with Gasteiger partial charge in [-0.1, -0.05) is 6.92 Å². The maximum Gasteiger partial charge on any atom is 0.273 e. The Balaban J connectivity index is 2.05. The van der Waals surface area contributed by atoms with Crippen LogP contribution >= 0.6 is 23.1 Å². The summed E-state index contributed by atoms with van der Waals surface area (Å²) in [6, 6.07) is -0.100. The minimum absolute atomic E-state index is 0.0527. The normalized spacial score (nSPS) is 21.9. The van der Waals surface area contributed by atoms with E-state index in [1.807, 2.05) is 29.0 Å². The SMILES string of the molecule is CCC1CN(C(=O)c2csc(C(C)N)n2)CCS1. The van der Waals surface area contributed by atoms with Gasteiger partial charge in [0.05, 0.1) is 6.04 Å². The fourth-order valence-electron chi connectivity index (χ4n) is 1.91. The smallest absolute Gasteiger partial charge is 0.273 e. The Morgan fingerprint density at radius 3 is 3.11 bits per heavy atom. The molecule has 100 valence electrons. The fourth-order valence-corrected chi connectivity index (χ4v) is 3.84. The van der Waals surface area contributed by atoms with Gasteiger partial charge in [-0.2, -0.15) is 11.8 Å². The van der Waals surface area contributed by atoms with Gasteiger partial charge in [0.15, 0.2) is 0 Å². The van der Waals surface area contributed by atoms with Crippen LogP contribution in [-0.4, -0.2) is 39.9 Å². The van der Waals surface area contributed by atoms with Crippen molar-refractivity contribution in [2.45, 2.75) is 31.6 Å². The zero-order valence-corrected chi connectivity index (χ0v) is 12.4. The minimum Gasteiger partial charge on any atom is -0.335 e. The monoisotopic (exact) mass is 285 g/mol. The summed E-state index contributed by atoms with van der Waals surface area (Å²) in [7, 11) is 0. The van der Waals surface area contributed by atoms with Crippen LogP contribution in [-0.2, 0) is 0 Å². The fraction of sp³-hybridized carbons (Fsp3) is 0.667. The van der Waals surface area contributed by atoms with E-state index >= 15 is 0 Å². The predicted octanol–water partition coefficient (Wildman–Crippen LogP) is 2.13. The third-order valence-corrected chi connectivity index (χ3v) is 5.43. The first kappa shape index (κ1) is 13.8. The van der Waals surface area contributed by atoms with Crippen molar-refractivity contribution in [3.8, 4) is 0 Å². The molecule has 1 aromatic rings. The minimum atomic E-state index is -0.100. The van der Waals surface area contributed by atoms with Crippen molar-refractivity contribution in [3.05, 3.63) is 16.1 Å². The zero-order valence-electron chi connectivity index (χ0n) is 10.8. The zero-order chi connectivity index (χ0) is 13.1. The summed E-state index contributed by atoms with van der Waals surface area (Å²) in [4.78, 5) is 18.6. The second-order valence-electron chi connectivity index (χ2n) is 4.51. The number of thioether (sulfide) groups is 1. The molecule has 0 aliphatic carbocycles. The Hall–Kier alpha value is -0.590. The van der Waals surface area contributed by atoms with E-state index in [0.717, 1.165) is 30.3 Å². The largest absolute Gasteiger partial charge is 0.335 e. The van der Waals surface area contributed by atoms with E-state index in [1.54, 1.807) is 0 Å². The van der Waals surface area contributed by atoms with Crippen molar-refractivity contribution >= 4 is 29.0 Å². The van der Waals surface area contributed by atoms with E-state index in [-0.39, 0.29) is 11.9 Å². The van der Waals surface area contributed by atoms with Gasteiger partial charge in [0.2, 0.25) is 0 Å². The van der Waals surface area contributed by atoms with Crippen LogP contribution in [0.5, 0.6) is 0 Å². The molecule has 2 atom stereocenters. The van der Waals surface area contributed by atoms with E-state index in [9.17, 15) is 4.79 Å². The van der Waals surface area contributed by atoms with Gasteiger partial charge in [-0.3, -0.25) is 4.79 Å². The highest BCUT2D eigenvalue weighted by molar-refractivity contribution is 8.00. The molecule has 2 N–H and O–H groups in total. The first-order chi connectivity index (χ1) is 8.61. The molecule has 2 heterocycles. The molecule has 4 nitrogen and oxygen atoms in total. The molecule has 0 bridgehead atoms. The lowest BCUT2D eigenvalue weighted by molar-refractivity contribution is 0.0755. The van der Waals surface area contributed by atoms with Gasteiger partial charge in [-0.15, -0.1) is 11.3 Å². The van der Waals surface area contributed by atoms with Crippen molar-refractivity contribution in [1.82, 2.24) is 9.88 Å². The van der Waals surface area contributed by atoms with Crippen LogP contribution in [0.25, 0.3) is 0 Å².